The fourth-order valence-corrected chi connectivity index (χ4v) is 0. The first-order valence-electron chi connectivity index (χ1n) is 2.47. The van der Waals surface area contributed by atoms with Gasteiger partial charge in [-0.25, -0.2) is 0 Å². The Morgan fingerprint density at radius 3 is 0.438 bits per heavy atom. The van der Waals surface area contributed by atoms with Crippen molar-refractivity contribution >= 4 is 32.4 Å². The van der Waals surface area contributed by atoms with Crippen LogP contribution < -0.4 is 0 Å². The molecule has 0 aromatic carbocycles. The first-order chi connectivity index (χ1) is 7.07. The van der Waals surface area contributed by atoms with Crippen LogP contribution in [0.2, 0.25) is 0 Å². The maximum Gasteiger partial charge on any atom is 0.290 e. The van der Waals surface area contributed by atoms with Gasteiger partial charge in [-0.1, -0.05) is 0 Å². The van der Waals surface area contributed by atoms with Crippen molar-refractivity contribution in [3.05, 3.63) is 0 Å². The Balaban J connectivity index is -0.0000000192. The molecule has 0 aliphatic heterocycles. The van der Waals surface area contributed by atoms with Crippen molar-refractivity contribution in [2.45, 2.75) is 0 Å². The third kappa shape index (κ3) is 408. The number of rotatable bonds is 0. The predicted octanol–water partition coefficient (Wildman–Crippen LogP) is -1.50. The number of carboxylic acid groups (broad SMARTS) is 5. The summed E-state index contributed by atoms with van der Waals surface area (Å²) in [5, 5.41) is 34.4. The van der Waals surface area contributed by atoms with Crippen LogP contribution in [0.1, 0.15) is 0 Å². The van der Waals surface area contributed by atoms with E-state index in [1.807, 2.05) is 0 Å². The summed E-state index contributed by atoms with van der Waals surface area (Å²) < 4.78 is 0. The standard InChI is InChI=1S/5CH2O2.Ta/c5*2-1-3;/h5*1H,(H,2,3);. The molecule has 11 heteroatoms. The van der Waals surface area contributed by atoms with Crippen LogP contribution in [0, 0.1) is 0 Å². The van der Waals surface area contributed by atoms with Crippen LogP contribution in [-0.2, 0) is 46.4 Å². The van der Waals surface area contributed by atoms with Crippen LogP contribution >= 0.6 is 0 Å². The molecule has 0 bridgehead atoms. The molecule has 0 aliphatic rings. The van der Waals surface area contributed by atoms with Crippen LogP contribution in [0.3, 0.4) is 0 Å². The topological polar surface area (TPSA) is 186 Å². The Morgan fingerprint density at radius 1 is 0.438 bits per heavy atom. The molecule has 0 saturated heterocycles. The van der Waals surface area contributed by atoms with E-state index >= 15 is 0 Å². The Hall–Kier alpha value is -1.91. The van der Waals surface area contributed by atoms with E-state index in [1.54, 1.807) is 0 Å². The van der Waals surface area contributed by atoms with E-state index in [-0.39, 0.29) is 54.7 Å². The Kier molecular flexibility index (Phi) is 462. The average Bonchev–Trinajstić information content (AvgIpc) is 2.09. The third-order valence-corrected chi connectivity index (χ3v) is 0. The molecule has 1 radical (unpaired) electrons. The monoisotopic (exact) mass is 411 g/mol. The number of carbonyl (C=O) groups is 5. The quantitative estimate of drug-likeness (QED) is 0.294. The van der Waals surface area contributed by atoms with Gasteiger partial charge in [-0.05, 0) is 0 Å². The van der Waals surface area contributed by atoms with Crippen LogP contribution in [0.5, 0.6) is 0 Å². The second-order valence-electron chi connectivity index (χ2n) is 0.527. The van der Waals surface area contributed by atoms with Crippen molar-refractivity contribution in [2.24, 2.45) is 0 Å². The average molecular weight is 411 g/mol. The molecule has 0 unspecified atom stereocenters. The van der Waals surface area contributed by atoms with Crippen molar-refractivity contribution in [3.63, 3.8) is 0 Å². The summed E-state index contributed by atoms with van der Waals surface area (Å²) >= 11 is 0. The predicted molar refractivity (Wildman–Crippen MR) is 43.5 cm³/mol. The minimum atomic E-state index is -0.250. The molecular formula is C5H10O10Ta. The molecule has 0 amide bonds. The van der Waals surface area contributed by atoms with E-state index in [0.717, 1.165) is 0 Å². The molecule has 0 aliphatic carbocycles. The Morgan fingerprint density at radius 2 is 0.438 bits per heavy atom. The fourth-order valence-electron chi connectivity index (χ4n) is 0. The molecule has 5 N–H and O–H groups in total. The molecule has 95 valence electrons. The van der Waals surface area contributed by atoms with Crippen LogP contribution in [0.4, 0.5) is 0 Å². The zero-order chi connectivity index (χ0) is 13.5. The van der Waals surface area contributed by atoms with Crippen molar-refractivity contribution in [1.82, 2.24) is 0 Å². The Bertz CT molecular complexity index is 91.5. The molecule has 0 saturated carbocycles. The van der Waals surface area contributed by atoms with Gasteiger partial charge in [-0.2, -0.15) is 0 Å². The first kappa shape index (κ1) is 36.9. The van der Waals surface area contributed by atoms with Crippen molar-refractivity contribution < 1.29 is 71.9 Å². The largest absolute Gasteiger partial charge is 0.483 e. The summed E-state index contributed by atoms with van der Waals surface area (Å²) in [6, 6.07) is 0. The molecule has 0 aromatic rings. The van der Waals surface area contributed by atoms with Gasteiger partial charge in [-0.15, -0.1) is 0 Å². The van der Waals surface area contributed by atoms with Crippen LogP contribution in [0.15, 0.2) is 0 Å². The fraction of sp³-hybridized carbons (Fsp3) is 0. The maximum atomic E-state index is 8.36. The molecular weight excluding hydrogens is 401 g/mol. The third-order valence-electron chi connectivity index (χ3n) is 0. The zero-order valence-electron chi connectivity index (χ0n) is 7.61. The summed E-state index contributed by atoms with van der Waals surface area (Å²) in [6.45, 7) is -1.25. The van der Waals surface area contributed by atoms with Gasteiger partial charge >= 0.3 is 0 Å². The van der Waals surface area contributed by atoms with Gasteiger partial charge in [-0.3, -0.25) is 24.0 Å². The van der Waals surface area contributed by atoms with E-state index in [2.05, 4.69) is 0 Å². The summed E-state index contributed by atoms with van der Waals surface area (Å²) in [6.07, 6.45) is 0. The summed E-state index contributed by atoms with van der Waals surface area (Å²) in [4.78, 5) is 41.8. The molecule has 10 nitrogen and oxygen atoms in total. The Labute approximate surface area is 105 Å². The van der Waals surface area contributed by atoms with E-state index in [0.29, 0.717) is 0 Å². The molecule has 0 fully saturated rings. The minimum absolute atomic E-state index is 0. The smallest absolute Gasteiger partial charge is 0.290 e. The van der Waals surface area contributed by atoms with Crippen LogP contribution in [0.25, 0.3) is 0 Å². The van der Waals surface area contributed by atoms with E-state index in [9.17, 15) is 0 Å². The first-order valence-corrected chi connectivity index (χ1v) is 2.47. The molecule has 16 heavy (non-hydrogen) atoms. The summed E-state index contributed by atoms with van der Waals surface area (Å²) in [7, 11) is 0. The summed E-state index contributed by atoms with van der Waals surface area (Å²) in [5.41, 5.74) is 0. The van der Waals surface area contributed by atoms with Crippen molar-refractivity contribution in [1.29, 1.82) is 0 Å². The van der Waals surface area contributed by atoms with E-state index in [1.165, 1.54) is 0 Å². The second kappa shape index (κ2) is 200. The molecule has 0 spiro atoms. The minimum Gasteiger partial charge on any atom is -0.483 e. The van der Waals surface area contributed by atoms with Gasteiger partial charge in [0.1, 0.15) is 0 Å². The molecule has 0 rings (SSSR count). The van der Waals surface area contributed by atoms with Gasteiger partial charge in [0, 0.05) is 22.4 Å². The van der Waals surface area contributed by atoms with E-state index < -0.39 is 0 Å². The summed E-state index contributed by atoms with van der Waals surface area (Å²) in [5.74, 6) is 0. The SMILES string of the molecule is O=CO.O=CO.O=CO.O=CO.O=CO.[Ta]. The van der Waals surface area contributed by atoms with Gasteiger partial charge in [0.2, 0.25) is 0 Å². The maximum absolute atomic E-state index is 8.36. The van der Waals surface area contributed by atoms with Gasteiger partial charge in [0.15, 0.2) is 0 Å². The molecule has 0 heterocycles. The number of hydrogen-bond acceptors (Lipinski definition) is 5. The van der Waals surface area contributed by atoms with Crippen LogP contribution in [-0.4, -0.2) is 57.9 Å². The zero-order valence-corrected chi connectivity index (χ0v) is 10.8. The van der Waals surface area contributed by atoms with Gasteiger partial charge < -0.3 is 25.5 Å². The second-order valence-corrected chi connectivity index (χ2v) is 0.527. The normalized spacial score (nSPS) is 3.75. The molecule has 0 aromatic heterocycles. The molecule has 0 atom stereocenters. The van der Waals surface area contributed by atoms with Gasteiger partial charge in [0.05, 0.1) is 0 Å². The van der Waals surface area contributed by atoms with E-state index in [4.69, 9.17) is 49.5 Å². The van der Waals surface area contributed by atoms with Crippen molar-refractivity contribution in [2.75, 3.05) is 0 Å². The number of hydrogen-bond donors (Lipinski definition) is 5. The van der Waals surface area contributed by atoms with Gasteiger partial charge in [0.25, 0.3) is 32.4 Å². The van der Waals surface area contributed by atoms with Crippen molar-refractivity contribution in [3.8, 4) is 0 Å².